The van der Waals surface area contributed by atoms with Crippen molar-refractivity contribution in [2.45, 2.75) is 31.1 Å². The zero-order valence-electron chi connectivity index (χ0n) is 15.1. The average Bonchev–Trinajstić information content (AvgIpc) is 2.60. The highest BCUT2D eigenvalue weighted by atomic mass is 32.2. The fraction of sp³-hybridized carbons (Fsp3) is 0.625. The van der Waals surface area contributed by atoms with Crippen molar-refractivity contribution < 1.29 is 26.3 Å². The summed E-state index contributed by atoms with van der Waals surface area (Å²) in [7, 11) is -5.89. The second-order valence-corrected chi connectivity index (χ2v) is 9.63. The average molecular weight is 407 g/mol. The third-order valence-corrected chi connectivity index (χ3v) is 7.39. The molecule has 1 aliphatic rings. The molecule has 0 amide bonds. The van der Waals surface area contributed by atoms with E-state index in [0.29, 0.717) is 38.3 Å². The lowest BCUT2D eigenvalue weighted by molar-refractivity contribution is 0.146. The molecule has 0 spiro atoms. The van der Waals surface area contributed by atoms with Crippen LogP contribution < -0.4 is 13.8 Å². The van der Waals surface area contributed by atoms with Crippen molar-refractivity contribution in [3.05, 3.63) is 18.2 Å². The molecule has 1 heterocycles. The van der Waals surface area contributed by atoms with E-state index in [1.165, 1.54) is 23.5 Å². The molecule has 0 atom stereocenters. The van der Waals surface area contributed by atoms with Gasteiger partial charge in [-0.05, 0) is 44.4 Å². The van der Waals surface area contributed by atoms with Gasteiger partial charge in [0.1, 0.15) is 10.6 Å². The van der Waals surface area contributed by atoms with E-state index >= 15 is 0 Å². The second kappa shape index (κ2) is 9.03. The summed E-state index contributed by atoms with van der Waals surface area (Å²) < 4.78 is 64.0. The van der Waals surface area contributed by atoms with Crippen LogP contribution >= 0.6 is 0 Å². The summed E-state index contributed by atoms with van der Waals surface area (Å²) in [6.45, 7) is 3.47. The molecule has 1 aromatic carbocycles. The fourth-order valence-corrected chi connectivity index (χ4v) is 5.60. The molecule has 8 nitrogen and oxygen atoms in total. The van der Waals surface area contributed by atoms with Gasteiger partial charge in [0.15, 0.2) is 0 Å². The SMILES string of the molecule is CCOCCCNS(=O)(=O)c1cc(N2CCCCS2(=O)=O)ccc1OC. The van der Waals surface area contributed by atoms with Crippen molar-refractivity contribution in [1.29, 1.82) is 0 Å². The number of anilines is 1. The van der Waals surface area contributed by atoms with Crippen molar-refractivity contribution in [2.75, 3.05) is 43.5 Å². The van der Waals surface area contributed by atoms with Crippen LogP contribution in [0.4, 0.5) is 5.69 Å². The molecule has 1 aliphatic heterocycles. The molecule has 0 saturated carbocycles. The van der Waals surface area contributed by atoms with Gasteiger partial charge in [-0.2, -0.15) is 0 Å². The number of nitrogens with zero attached hydrogens (tertiary/aromatic N) is 1. The zero-order valence-corrected chi connectivity index (χ0v) is 16.7. The van der Waals surface area contributed by atoms with E-state index in [9.17, 15) is 16.8 Å². The monoisotopic (exact) mass is 406 g/mol. The minimum Gasteiger partial charge on any atom is -0.495 e. The predicted molar refractivity (Wildman–Crippen MR) is 99.7 cm³/mol. The number of hydrogen-bond acceptors (Lipinski definition) is 6. The third kappa shape index (κ3) is 5.09. The second-order valence-electron chi connectivity index (χ2n) is 5.88. The van der Waals surface area contributed by atoms with E-state index in [4.69, 9.17) is 9.47 Å². The van der Waals surface area contributed by atoms with Crippen LogP contribution in [-0.4, -0.2) is 56.0 Å². The first-order valence-corrected chi connectivity index (χ1v) is 11.7. The molecule has 148 valence electrons. The predicted octanol–water partition coefficient (Wildman–Crippen LogP) is 1.33. The van der Waals surface area contributed by atoms with E-state index in [2.05, 4.69) is 4.72 Å². The summed E-state index contributed by atoms with van der Waals surface area (Å²) in [6, 6.07) is 4.40. The van der Waals surface area contributed by atoms with Gasteiger partial charge in [0.25, 0.3) is 0 Å². The van der Waals surface area contributed by atoms with Gasteiger partial charge in [-0.1, -0.05) is 0 Å². The Morgan fingerprint density at radius 1 is 1.27 bits per heavy atom. The first kappa shape index (κ1) is 20.9. The van der Waals surface area contributed by atoms with Crippen molar-refractivity contribution in [2.24, 2.45) is 0 Å². The lowest BCUT2D eigenvalue weighted by Gasteiger charge is -2.28. The van der Waals surface area contributed by atoms with Gasteiger partial charge >= 0.3 is 0 Å². The van der Waals surface area contributed by atoms with Crippen LogP contribution in [-0.2, 0) is 24.8 Å². The van der Waals surface area contributed by atoms with E-state index < -0.39 is 20.0 Å². The maximum Gasteiger partial charge on any atom is 0.244 e. The molecule has 1 fully saturated rings. The van der Waals surface area contributed by atoms with Gasteiger partial charge in [0.05, 0.1) is 18.6 Å². The number of hydrogen-bond donors (Lipinski definition) is 1. The largest absolute Gasteiger partial charge is 0.495 e. The lowest BCUT2D eigenvalue weighted by atomic mass is 10.2. The molecule has 2 rings (SSSR count). The molecule has 0 radical (unpaired) electrons. The van der Waals surface area contributed by atoms with Gasteiger partial charge in [0, 0.05) is 26.3 Å². The summed E-state index contributed by atoms with van der Waals surface area (Å²) >= 11 is 0. The van der Waals surface area contributed by atoms with Gasteiger partial charge < -0.3 is 9.47 Å². The minimum absolute atomic E-state index is 0.0663. The minimum atomic E-state index is -3.84. The fourth-order valence-electron chi connectivity index (χ4n) is 2.71. The molecule has 0 unspecified atom stereocenters. The Bertz CT molecular complexity index is 808. The highest BCUT2D eigenvalue weighted by Gasteiger charge is 2.28. The molecule has 1 aromatic rings. The van der Waals surface area contributed by atoms with Gasteiger partial charge in [-0.15, -0.1) is 0 Å². The molecule has 0 bridgehead atoms. The Balaban J connectivity index is 2.26. The first-order valence-electron chi connectivity index (χ1n) is 8.57. The molecule has 26 heavy (non-hydrogen) atoms. The van der Waals surface area contributed by atoms with Crippen LogP contribution in [0.2, 0.25) is 0 Å². The Kier molecular flexibility index (Phi) is 7.27. The lowest BCUT2D eigenvalue weighted by Crippen LogP contribution is -2.38. The molecule has 10 heteroatoms. The Morgan fingerprint density at radius 3 is 2.69 bits per heavy atom. The number of ether oxygens (including phenoxy) is 2. The highest BCUT2D eigenvalue weighted by molar-refractivity contribution is 7.92. The van der Waals surface area contributed by atoms with Gasteiger partial charge in [0.2, 0.25) is 20.0 Å². The molecule has 1 N–H and O–H groups in total. The Labute approximate surface area is 155 Å². The molecule has 1 saturated heterocycles. The molecule has 0 aliphatic carbocycles. The number of benzene rings is 1. The van der Waals surface area contributed by atoms with Crippen LogP contribution in [0.5, 0.6) is 5.75 Å². The quantitative estimate of drug-likeness (QED) is 0.621. The normalized spacial score (nSPS) is 17.2. The van der Waals surface area contributed by atoms with Crippen LogP contribution in [0.15, 0.2) is 23.1 Å². The number of nitrogens with one attached hydrogen (secondary N) is 1. The maximum atomic E-state index is 12.6. The van der Waals surface area contributed by atoms with Crippen molar-refractivity contribution in [1.82, 2.24) is 4.72 Å². The topological polar surface area (TPSA) is 102 Å². The number of methoxy groups -OCH3 is 1. The first-order chi connectivity index (χ1) is 12.3. The summed E-state index contributed by atoms with van der Waals surface area (Å²) in [6.07, 6.45) is 1.89. The van der Waals surface area contributed by atoms with Crippen molar-refractivity contribution >= 4 is 25.7 Å². The summed E-state index contributed by atoms with van der Waals surface area (Å²) in [5.74, 6) is 0.233. The van der Waals surface area contributed by atoms with Crippen LogP contribution in [0.1, 0.15) is 26.2 Å². The maximum absolute atomic E-state index is 12.6. The summed E-state index contributed by atoms with van der Waals surface area (Å²) in [5.41, 5.74) is 0.334. The zero-order chi connectivity index (χ0) is 19.2. The van der Waals surface area contributed by atoms with E-state index in [-0.39, 0.29) is 22.9 Å². The smallest absolute Gasteiger partial charge is 0.244 e. The molecular formula is C16H26N2O6S2. The van der Waals surface area contributed by atoms with Crippen molar-refractivity contribution in [3.63, 3.8) is 0 Å². The van der Waals surface area contributed by atoms with Crippen LogP contribution in [0.25, 0.3) is 0 Å². The van der Waals surface area contributed by atoms with Gasteiger partial charge in [-0.3, -0.25) is 4.31 Å². The number of sulfonamides is 2. The standard InChI is InChI=1S/C16H26N2O6S2/c1-3-24-11-6-9-17-26(21,22)16-13-14(7-8-15(16)23-2)18-10-4-5-12-25(18,19)20/h7-8,13,17H,3-6,9-12H2,1-2H3. The third-order valence-electron chi connectivity index (χ3n) is 4.04. The van der Waals surface area contributed by atoms with Gasteiger partial charge in [-0.25, -0.2) is 21.6 Å². The van der Waals surface area contributed by atoms with E-state index in [1.807, 2.05) is 6.92 Å². The van der Waals surface area contributed by atoms with E-state index in [0.717, 1.165) is 6.42 Å². The summed E-state index contributed by atoms with van der Waals surface area (Å²) in [4.78, 5) is -0.0744. The van der Waals surface area contributed by atoms with Crippen LogP contribution in [0.3, 0.4) is 0 Å². The highest BCUT2D eigenvalue weighted by Crippen LogP contribution is 2.31. The number of rotatable bonds is 9. The van der Waals surface area contributed by atoms with Crippen molar-refractivity contribution in [3.8, 4) is 5.75 Å². The Hall–Kier alpha value is -1.36. The molecular weight excluding hydrogens is 380 g/mol. The van der Waals surface area contributed by atoms with Crippen LogP contribution in [0, 0.1) is 0 Å². The van der Waals surface area contributed by atoms with E-state index in [1.54, 1.807) is 6.07 Å². The molecule has 0 aromatic heterocycles. The summed E-state index contributed by atoms with van der Waals surface area (Å²) in [5, 5.41) is 0. The Morgan fingerprint density at radius 2 is 2.04 bits per heavy atom.